The van der Waals surface area contributed by atoms with E-state index in [1.807, 2.05) is 26.0 Å². The summed E-state index contributed by atoms with van der Waals surface area (Å²) in [6, 6.07) is 1.84. The van der Waals surface area contributed by atoms with Crippen molar-refractivity contribution < 1.29 is 28.6 Å². The molecule has 1 aromatic heterocycles. The van der Waals surface area contributed by atoms with Crippen molar-refractivity contribution in [3.05, 3.63) is 40.9 Å². The molecule has 1 aromatic rings. The molecule has 1 unspecified atom stereocenters. The van der Waals surface area contributed by atoms with Crippen molar-refractivity contribution in [2.45, 2.75) is 65.3 Å². The van der Waals surface area contributed by atoms with Crippen LogP contribution in [0.5, 0.6) is 0 Å². The SMILES string of the molecule is C=C(C)[C@H]1Cc2oc(cc2CO)/C=C(\C)C[C@@H]2CC(C(=O)O2)[C@@H](OC(C)=O)C1. The van der Waals surface area contributed by atoms with Crippen LogP contribution in [-0.4, -0.2) is 29.3 Å². The molecule has 2 aliphatic rings. The van der Waals surface area contributed by atoms with E-state index in [1.54, 1.807) is 0 Å². The highest BCUT2D eigenvalue weighted by Crippen LogP contribution is 2.36. The van der Waals surface area contributed by atoms with Gasteiger partial charge in [-0.15, -0.1) is 0 Å². The lowest BCUT2D eigenvalue weighted by atomic mass is 9.84. The minimum atomic E-state index is -0.575. The Morgan fingerprint density at radius 3 is 2.71 bits per heavy atom. The Kier molecular flexibility index (Phi) is 6.08. The molecule has 4 bridgehead atoms. The lowest BCUT2D eigenvalue weighted by molar-refractivity contribution is -0.156. The minimum Gasteiger partial charge on any atom is -0.462 e. The van der Waals surface area contributed by atoms with Crippen LogP contribution in [0.3, 0.4) is 0 Å². The third-order valence-electron chi connectivity index (χ3n) is 5.54. The van der Waals surface area contributed by atoms with Crippen LogP contribution >= 0.6 is 0 Å². The van der Waals surface area contributed by atoms with E-state index in [9.17, 15) is 14.7 Å². The van der Waals surface area contributed by atoms with Gasteiger partial charge in [0, 0.05) is 31.7 Å². The lowest BCUT2D eigenvalue weighted by Gasteiger charge is -2.26. The molecule has 3 rings (SSSR count). The van der Waals surface area contributed by atoms with Crippen LogP contribution in [0.4, 0.5) is 0 Å². The molecule has 2 aliphatic heterocycles. The van der Waals surface area contributed by atoms with Crippen molar-refractivity contribution in [3.63, 3.8) is 0 Å². The summed E-state index contributed by atoms with van der Waals surface area (Å²) in [5, 5.41) is 9.72. The van der Waals surface area contributed by atoms with Crippen LogP contribution in [0.2, 0.25) is 0 Å². The third-order valence-corrected chi connectivity index (χ3v) is 5.54. The van der Waals surface area contributed by atoms with Crippen LogP contribution in [0, 0.1) is 11.8 Å². The van der Waals surface area contributed by atoms with Gasteiger partial charge >= 0.3 is 11.9 Å². The molecule has 1 saturated heterocycles. The van der Waals surface area contributed by atoms with Gasteiger partial charge in [-0.05, 0) is 38.3 Å². The molecule has 1 fully saturated rings. The number of ether oxygens (including phenoxy) is 2. The van der Waals surface area contributed by atoms with Gasteiger partial charge in [0.2, 0.25) is 0 Å². The molecule has 28 heavy (non-hydrogen) atoms. The van der Waals surface area contributed by atoms with Crippen molar-refractivity contribution in [2.24, 2.45) is 11.8 Å². The molecule has 6 heteroatoms. The van der Waals surface area contributed by atoms with Gasteiger partial charge in [-0.3, -0.25) is 9.59 Å². The highest BCUT2D eigenvalue weighted by atomic mass is 16.6. The van der Waals surface area contributed by atoms with Crippen molar-refractivity contribution in [1.29, 1.82) is 0 Å². The second kappa shape index (κ2) is 8.35. The van der Waals surface area contributed by atoms with E-state index in [-0.39, 0.29) is 24.6 Å². The Balaban J connectivity index is 2.01. The predicted molar refractivity (Wildman–Crippen MR) is 103 cm³/mol. The predicted octanol–water partition coefficient (Wildman–Crippen LogP) is 3.57. The number of carbonyl (C=O) groups is 2. The molecular formula is C22H28O6. The summed E-state index contributed by atoms with van der Waals surface area (Å²) >= 11 is 0. The largest absolute Gasteiger partial charge is 0.462 e. The van der Waals surface area contributed by atoms with Gasteiger partial charge in [0.1, 0.15) is 23.7 Å². The fourth-order valence-electron chi connectivity index (χ4n) is 4.11. The molecule has 4 atom stereocenters. The smallest absolute Gasteiger partial charge is 0.313 e. The molecular weight excluding hydrogens is 360 g/mol. The molecule has 152 valence electrons. The Hall–Kier alpha value is -2.34. The molecule has 0 saturated carbocycles. The fourth-order valence-corrected chi connectivity index (χ4v) is 4.11. The van der Waals surface area contributed by atoms with E-state index in [0.29, 0.717) is 37.2 Å². The summed E-state index contributed by atoms with van der Waals surface area (Å²) in [5.74, 6) is 0.102. The quantitative estimate of drug-likeness (QED) is 0.629. The first-order chi connectivity index (χ1) is 13.3. The molecule has 1 N–H and O–H groups in total. The van der Waals surface area contributed by atoms with Crippen LogP contribution in [0.1, 0.15) is 57.1 Å². The Bertz CT molecular complexity index is 802. The number of hydrogen-bond acceptors (Lipinski definition) is 6. The molecule has 0 radical (unpaired) electrons. The maximum absolute atomic E-state index is 12.5. The fraction of sp³-hybridized carbons (Fsp3) is 0.545. The number of allylic oxidation sites excluding steroid dienone is 1. The number of esters is 2. The number of carbonyl (C=O) groups excluding carboxylic acids is 2. The second-order valence-electron chi connectivity index (χ2n) is 7.98. The van der Waals surface area contributed by atoms with E-state index in [2.05, 4.69) is 6.58 Å². The summed E-state index contributed by atoms with van der Waals surface area (Å²) in [6.45, 7) is 9.19. The third kappa shape index (κ3) is 4.55. The van der Waals surface area contributed by atoms with Crippen molar-refractivity contribution in [1.82, 2.24) is 0 Å². The number of aliphatic hydroxyl groups is 1. The summed E-state index contributed by atoms with van der Waals surface area (Å²) in [7, 11) is 0. The molecule has 0 amide bonds. The van der Waals surface area contributed by atoms with Crippen LogP contribution in [0.15, 0.2) is 28.2 Å². The maximum atomic E-state index is 12.5. The van der Waals surface area contributed by atoms with Gasteiger partial charge < -0.3 is 19.0 Å². The van der Waals surface area contributed by atoms with Crippen LogP contribution in [-0.2, 0) is 32.1 Å². The van der Waals surface area contributed by atoms with Crippen LogP contribution in [0.25, 0.3) is 6.08 Å². The second-order valence-corrected chi connectivity index (χ2v) is 7.98. The topological polar surface area (TPSA) is 86.0 Å². The lowest BCUT2D eigenvalue weighted by Crippen LogP contribution is -2.32. The maximum Gasteiger partial charge on any atom is 0.313 e. The zero-order chi connectivity index (χ0) is 20.4. The summed E-state index contributed by atoms with van der Waals surface area (Å²) in [6.07, 6.45) is 3.17. The normalized spacial score (nSPS) is 29.6. The summed E-state index contributed by atoms with van der Waals surface area (Å²) < 4.78 is 17.1. The molecule has 0 spiro atoms. The molecule has 0 aliphatic carbocycles. The van der Waals surface area contributed by atoms with Crippen LogP contribution < -0.4 is 0 Å². The highest BCUT2D eigenvalue weighted by Gasteiger charge is 2.42. The average Bonchev–Trinajstić information content (AvgIpc) is 3.15. The number of hydrogen-bond donors (Lipinski definition) is 1. The molecule has 6 nitrogen and oxygen atoms in total. The van der Waals surface area contributed by atoms with Gasteiger partial charge in [-0.2, -0.15) is 0 Å². The van der Waals surface area contributed by atoms with Gasteiger partial charge in [-0.25, -0.2) is 0 Å². The first-order valence-electron chi connectivity index (χ1n) is 9.69. The van der Waals surface area contributed by atoms with Gasteiger partial charge in [0.25, 0.3) is 0 Å². The van der Waals surface area contributed by atoms with E-state index in [4.69, 9.17) is 13.9 Å². The standard InChI is InChI=1S/C22H28O6/c1-12(2)15-8-20-16(11-23)7-17(27-20)5-13(3)6-18-10-19(22(25)28-18)21(9-15)26-14(4)24/h5,7,15,18-19,21,23H,1,6,8-11H2,2-4H3/b13-5+/t15-,18+,19?,21-/m0/s1. The number of furan rings is 1. The van der Waals surface area contributed by atoms with Crippen molar-refractivity contribution in [2.75, 3.05) is 0 Å². The van der Waals surface area contributed by atoms with Gasteiger partial charge in [-0.1, -0.05) is 17.7 Å². The van der Waals surface area contributed by atoms with E-state index in [0.717, 1.165) is 16.7 Å². The number of fused-ring (bicyclic) bond motifs is 4. The Morgan fingerprint density at radius 2 is 2.07 bits per heavy atom. The first-order valence-corrected chi connectivity index (χ1v) is 9.69. The zero-order valence-corrected chi connectivity index (χ0v) is 16.7. The molecule has 3 heterocycles. The van der Waals surface area contributed by atoms with Gasteiger partial charge in [0.15, 0.2) is 0 Å². The highest BCUT2D eigenvalue weighted by molar-refractivity contribution is 5.76. The average molecular weight is 388 g/mol. The van der Waals surface area contributed by atoms with E-state index < -0.39 is 18.0 Å². The Labute approximate surface area is 165 Å². The van der Waals surface area contributed by atoms with E-state index >= 15 is 0 Å². The van der Waals surface area contributed by atoms with Gasteiger partial charge in [0.05, 0.1) is 12.5 Å². The zero-order valence-electron chi connectivity index (χ0n) is 16.7. The van der Waals surface area contributed by atoms with E-state index in [1.165, 1.54) is 6.92 Å². The number of aliphatic hydroxyl groups excluding tert-OH is 1. The Morgan fingerprint density at radius 1 is 1.32 bits per heavy atom. The van der Waals surface area contributed by atoms with Crippen molar-refractivity contribution >= 4 is 18.0 Å². The monoisotopic (exact) mass is 388 g/mol. The number of rotatable bonds is 3. The minimum absolute atomic E-state index is 0.0636. The van der Waals surface area contributed by atoms with Crippen molar-refractivity contribution in [3.8, 4) is 0 Å². The first kappa shape index (κ1) is 20.4. The molecule has 0 aromatic carbocycles. The summed E-state index contributed by atoms with van der Waals surface area (Å²) in [5.41, 5.74) is 2.66. The summed E-state index contributed by atoms with van der Waals surface area (Å²) in [4.78, 5) is 24.2.